The van der Waals surface area contributed by atoms with E-state index in [4.69, 9.17) is 0 Å². The first-order valence-electron chi connectivity index (χ1n) is 7.84. The molecule has 2 heterocycles. The molecule has 1 amide bonds. The fraction of sp³-hybridized carbons (Fsp3) is 0.353. The number of aromatic nitrogens is 4. The van der Waals surface area contributed by atoms with Gasteiger partial charge in [-0.05, 0) is 32.9 Å². The summed E-state index contributed by atoms with van der Waals surface area (Å²) in [4.78, 5) is 29.7. The van der Waals surface area contributed by atoms with Crippen molar-refractivity contribution in [2.75, 3.05) is 13.1 Å². The van der Waals surface area contributed by atoms with Crippen molar-refractivity contribution in [2.24, 2.45) is 0 Å². The number of nitrogens with zero attached hydrogens (tertiary/aromatic N) is 3. The molecule has 0 unspecified atom stereocenters. The number of benzene rings is 1. The number of fused-ring (bicyclic) bond motifs is 1. The standard InChI is InChI=1S/C17H21N5O/c1-4-22(17(23)16-11(2)18-12(3)19-16)10-9-15-20-13-7-5-6-8-14(13)21-15/h5-8H,4,9-10H2,1-3H3,(H,18,19)(H,20,21). The lowest BCUT2D eigenvalue weighted by Gasteiger charge is -2.19. The average molecular weight is 311 g/mol. The maximum atomic E-state index is 12.6. The number of likely N-dealkylation sites (N-methyl/N-ethyl adjacent to an activating group) is 1. The lowest BCUT2D eigenvalue weighted by Crippen LogP contribution is -2.33. The van der Waals surface area contributed by atoms with Crippen LogP contribution in [-0.4, -0.2) is 43.8 Å². The number of hydrogen-bond acceptors (Lipinski definition) is 3. The van der Waals surface area contributed by atoms with Crippen LogP contribution in [0.2, 0.25) is 0 Å². The Morgan fingerprint density at radius 2 is 1.96 bits per heavy atom. The second-order valence-electron chi connectivity index (χ2n) is 5.63. The van der Waals surface area contributed by atoms with Gasteiger partial charge in [0.25, 0.3) is 5.91 Å². The summed E-state index contributed by atoms with van der Waals surface area (Å²) in [5.74, 6) is 1.62. The molecule has 23 heavy (non-hydrogen) atoms. The molecule has 0 aliphatic rings. The first-order valence-corrected chi connectivity index (χ1v) is 7.84. The quantitative estimate of drug-likeness (QED) is 0.760. The van der Waals surface area contributed by atoms with Gasteiger partial charge in [-0.1, -0.05) is 12.1 Å². The van der Waals surface area contributed by atoms with Crippen LogP contribution in [-0.2, 0) is 6.42 Å². The predicted molar refractivity (Wildman–Crippen MR) is 89.4 cm³/mol. The Labute approximate surface area is 135 Å². The smallest absolute Gasteiger partial charge is 0.274 e. The van der Waals surface area contributed by atoms with Gasteiger partial charge in [0, 0.05) is 25.2 Å². The zero-order valence-electron chi connectivity index (χ0n) is 13.7. The van der Waals surface area contributed by atoms with Crippen molar-refractivity contribution in [1.29, 1.82) is 0 Å². The largest absolute Gasteiger partial charge is 0.346 e. The van der Waals surface area contributed by atoms with Crippen LogP contribution in [0.25, 0.3) is 11.0 Å². The van der Waals surface area contributed by atoms with Crippen molar-refractivity contribution in [2.45, 2.75) is 27.2 Å². The summed E-state index contributed by atoms with van der Waals surface area (Å²) in [5, 5.41) is 0. The second kappa shape index (κ2) is 6.24. The Kier molecular flexibility index (Phi) is 4.14. The van der Waals surface area contributed by atoms with Crippen molar-refractivity contribution in [1.82, 2.24) is 24.8 Å². The highest BCUT2D eigenvalue weighted by Gasteiger charge is 2.19. The first-order chi connectivity index (χ1) is 11.1. The van der Waals surface area contributed by atoms with Gasteiger partial charge >= 0.3 is 0 Å². The van der Waals surface area contributed by atoms with Crippen LogP contribution in [0.15, 0.2) is 24.3 Å². The number of H-pyrrole nitrogens is 2. The Hall–Kier alpha value is -2.63. The normalized spacial score (nSPS) is 11.1. The average Bonchev–Trinajstić information content (AvgIpc) is 3.09. The van der Waals surface area contributed by atoms with Gasteiger partial charge in [-0.2, -0.15) is 0 Å². The van der Waals surface area contributed by atoms with E-state index in [2.05, 4.69) is 19.9 Å². The molecule has 2 aromatic heterocycles. The number of amides is 1. The minimum atomic E-state index is -0.0366. The highest BCUT2D eigenvalue weighted by Crippen LogP contribution is 2.12. The molecule has 0 bridgehead atoms. The number of aryl methyl sites for hydroxylation is 2. The molecule has 0 saturated heterocycles. The highest BCUT2D eigenvalue weighted by atomic mass is 16.2. The lowest BCUT2D eigenvalue weighted by molar-refractivity contribution is 0.0759. The third-order valence-electron chi connectivity index (χ3n) is 3.93. The van der Waals surface area contributed by atoms with Gasteiger partial charge in [0.05, 0.1) is 11.0 Å². The molecule has 0 fully saturated rings. The maximum Gasteiger partial charge on any atom is 0.274 e. The van der Waals surface area contributed by atoms with Gasteiger partial charge in [-0.15, -0.1) is 0 Å². The van der Waals surface area contributed by atoms with Gasteiger partial charge < -0.3 is 14.9 Å². The summed E-state index contributed by atoms with van der Waals surface area (Å²) >= 11 is 0. The third-order valence-corrected chi connectivity index (χ3v) is 3.93. The number of rotatable bonds is 5. The molecular weight excluding hydrogens is 290 g/mol. The van der Waals surface area contributed by atoms with Crippen molar-refractivity contribution < 1.29 is 4.79 Å². The van der Waals surface area contributed by atoms with Crippen molar-refractivity contribution in [3.63, 3.8) is 0 Å². The number of imidazole rings is 2. The molecular formula is C17H21N5O. The van der Waals surface area contributed by atoms with Gasteiger partial charge in [0.15, 0.2) is 0 Å². The summed E-state index contributed by atoms with van der Waals surface area (Å²) in [7, 11) is 0. The molecule has 3 aromatic rings. The molecule has 3 rings (SSSR count). The molecule has 6 nitrogen and oxygen atoms in total. The minimum Gasteiger partial charge on any atom is -0.346 e. The fourth-order valence-electron chi connectivity index (χ4n) is 2.74. The van der Waals surface area contributed by atoms with E-state index in [-0.39, 0.29) is 5.91 Å². The van der Waals surface area contributed by atoms with Crippen LogP contribution in [0.4, 0.5) is 0 Å². The molecule has 120 valence electrons. The number of hydrogen-bond donors (Lipinski definition) is 2. The van der Waals surface area contributed by atoms with Crippen LogP contribution in [0.3, 0.4) is 0 Å². The molecule has 6 heteroatoms. The summed E-state index contributed by atoms with van der Waals surface area (Å²) in [6.45, 7) is 6.96. The molecule has 0 aliphatic heterocycles. The van der Waals surface area contributed by atoms with E-state index in [1.165, 1.54) is 0 Å². The van der Waals surface area contributed by atoms with Gasteiger partial charge in [0.1, 0.15) is 17.3 Å². The van der Waals surface area contributed by atoms with Crippen molar-refractivity contribution >= 4 is 16.9 Å². The topological polar surface area (TPSA) is 77.7 Å². The minimum absolute atomic E-state index is 0.0366. The zero-order valence-corrected chi connectivity index (χ0v) is 13.7. The number of carbonyl (C=O) groups excluding carboxylic acids is 1. The molecule has 0 atom stereocenters. The molecule has 1 aromatic carbocycles. The van der Waals surface area contributed by atoms with Gasteiger partial charge in [0.2, 0.25) is 0 Å². The van der Waals surface area contributed by atoms with E-state index in [0.29, 0.717) is 25.2 Å². The molecule has 2 N–H and O–H groups in total. The first kappa shape index (κ1) is 15.3. The Morgan fingerprint density at radius 3 is 2.61 bits per heavy atom. The number of nitrogens with one attached hydrogen (secondary N) is 2. The van der Waals surface area contributed by atoms with Crippen molar-refractivity contribution in [3.8, 4) is 0 Å². The molecule has 0 saturated carbocycles. The highest BCUT2D eigenvalue weighted by molar-refractivity contribution is 5.93. The van der Waals surface area contributed by atoms with E-state index in [1.807, 2.05) is 45.0 Å². The third kappa shape index (κ3) is 3.11. The lowest BCUT2D eigenvalue weighted by atomic mass is 10.2. The number of para-hydroxylation sites is 2. The Bertz CT molecular complexity index is 799. The van der Waals surface area contributed by atoms with E-state index in [9.17, 15) is 4.79 Å². The number of aromatic amines is 2. The van der Waals surface area contributed by atoms with Crippen LogP contribution in [0.1, 0.15) is 34.8 Å². The zero-order chi connectivity index (χ0) is 16.4. The van der Waals surface area contributed by atoms with E-state index in [0.717, 1.165) is 28.4 Å². The van der Waals surface area contributed by atoms with Crippen LogP contribution >= 0.6 is 0 Å². The monoisotopic (exact) mass is 311 g/mol. The number of carbonyl (C=O) groups is 1. The Morgan fingerprint density at radius 1 is 1.17 bits per heavy atom. The van der Waals surface area contributed by atoms with E-state index < -0.39 is 0 Å². The van der Waals surface area contributed by atoms with Crippen LogP contribution in [0.5, 0.6) is 0 Å². The van der Waals surface area contributed by atoms with Gasteiger partial charge in [-0.3, -0.25) is 4.79 Å². The Balaban J connectivity index is 1.72. The van der Waals surface area contributed by atoms with Crippen LogP contribution in [0, 0.1) is 13.8 Å². The van der Waals surface area contributed by atoms with Crippen molar-refractivity contribution in [3.05, 3.63) is 47.3 Å². The van der Waals surface area contributed by atoms with E-state index >= 15 is 0 Å². The summed E-state index contributed by atoms with van der Waals surface area (Å²) in [6, 6.07) is 7.94. The summed E-state index contributed by atoms with van der Waals surface area (Å²) in [6.07, 6.45) is 0.691. The molecule has 0 radical (unpaired) electrons. The predicted octanol–water partition coefficient (Wildman–Crippen LogP) is 2.61. The summed E-state index contributed by atoms with van der Waals surface area (Å²) in [5.41, 5.74) is 3.30. The maximum absolute atomic E-state index is 12.6. The van der Waals surface area contributed by atoms with Crippen LogP contribution < -0.4 is 0 Å². The molecule has 0 aliphatic carbocycles. The van der Waals surface area contributed by atoms with E-state index in [1.54, 1.807) is 4.90 Å². The fourth-order valence-corrected chi connectivity index (χ4v) is 2.74. The van der Waals surface area contributed by atoms with Gasteiger partial charge in [-0.25, -0.2) is 9.97 Å². The SMILES string of the molecule is CCN(CCc1nc2ccccc2[nH]1)C(=O)c1nc(C)[nH]c1C. The molecule has 0 spiro atoms. The second-order valence-corrected chi connectivity index (χ2v) is 5.63. The summed E-state index contributed by atoms with van der Waals surface area (Å²) < 4.78 is 0.